The van der Waals surface area contributed by atoms with E-state index in [1.807, 2.05) is 0 Å². The fraction of sp³-hybridized carbons (Fsp3) is 0.300. The van der Waals surface area contributed by atoms with Crippen LogP contribution in [0.25, 0.3) is 0 Å². The molecule has 5 heteroatoms. The summed E-state index contributed by atoms with van der Waals surface area (Å²) in [6.45, 7) is 0.00220. The van der Waals surface area contributed by atoms with E-state index in [4.69, 9.17) is 27.2 Å². The Hall–Kier alpha value is -1.26. The largest absolute Gasteiger partial charge is 0.495 e. The zero-order valence-electron chi connectivity index (χ0n) is 8.24. The first-order valence-electron chi connectivity index (χ1n) is 4.37. The van der Waals surface area contributed by atoms with E-state index in [1.165, 1.54) is 7.11 Å². The number of ether oxygens (including phenoxy) is 1. The van der Waals surface area contributed by atoms with Crippen LogP contribution in [0.15, 0.2) is 18.2 Å². The van der Waals surface area contributed by atoms with Crippen LogP contribution in [0.4, 0.5) is 0 Å². The highest BCUT2D eigenvalue weighted by atomic mass is 35.5. The highest BCUT2D eigenvalue weighted by Gasteiger charge is 2.22. The van der Waals surface area contributed by atoms with Gasteiger partial charge in [-0.25, -0.2) is 0 Å². The second kappa shape index (κ2) is 5.00. The molecule has 0 spiro atoms. The summed E-state index contributed by atoms with van der Waals surface area (Å²) < 4.78 is 4.99. The summed E-state index contributed by atoms with van der Waals surface area (Å²) in [6, 6.07) is 4.99. The quantitative estimate of drug-likeness (QED) is 0.820. The van der Waals surface area contributed by atoms with Gasteiger partial charge in [0.15, 0.2) is 0 Å². The molecule has 0 aliphatic heterocycles. The van der Waals surface area contributed by atoms with Gasteiger partial charge in [0.05, 0.1) is 18.1 Å². The van der Waals surface area contributed by atoms with Crippen molar-refractivity contribution < 1.29 is 14.6 Å². The molecule has 15 heavy (non-hydrogen) atoms. The van der Waals surface area contributed by atoms with Crippen molar-refractivity contribution in [3.05, 3.63) is 28.8 Å². The highest BCUT2D eigenvalue weighted by Crippen LogP contribution is 2.32. The van der Waals surface area contributed by atoms with Crippen molar-refractivity contribution in [1.82, 2.24) is 0 Å². The Morgan fingerprint density at radius 3 is 2.80 bits per heavy atom. The minimum Gasteiger partial charge on any atom is -0.495 e. The molecule has 1 unspecified atom stereocenters. The number of methoxy groups -OCH3 is 1. The molecule has 1 atom stereocenters. The Kier molecular flexibility index (Phi) is 3.94. The summed E-state index contributed by atoms with van der Waals surface area (Å²) in [7, 11) is 1.48. The monoisotopic (exact) mass is 229 g/mol. The summed E-state index contributed by atoms with van der Waals surface area (Å²) in [6.07, 6.45) is 0. The van der Waals surface area contributed by atoms with Crippen molar-refractivity contribution >= 4 is 17.6 Å². The molecule has 0 bridgehead atoms. The second-order valence-electron chi connectivity index (χ2n) is 2.99. The third-order valence-electron chi connectivity index (χ3n) is 2.12. The minimum atomic E-state index is -0.993. The Morgan fingerprint density at radius 2 is 2.33 bits per heavy atom. The summed E-state index contributed by atoms with van der Waals surface area (Å²) in [4.78, 5) is 10.9. The maximum absolute atomic E-state index is 10.9. The van der Waals surface area contributed by atoms with Gasteiger partial charge < -0.3 is 15.6 Å². The average Bonchev–Trinajstić information content (AvgIpc) is 2.21. The fourth-order valence-corrected chi connectivity index (χ4v) is 1.65. The van der Waals surface area contributed by atoms with Crippen LogP contribution in [0.3, 0.4) is 0 Å². The SMILES string of the molecule is COc1cccc(C(CN)C(=O)O)c1Cl. The number of carbonyl (C=O) groups is 1. The Morgan fingerprint density at radius 1 is 1.67 bits per heavy atom. The predicted octanol–water partition coefficient (Wildman–Crippen LogP) is 1.48. The van der Waals surface area contributed by atoms with Gasteiger partial charge in [-0.05, 0) is 11.6 Å². The van der Waals surface area contributed by atoms with Crippen LogP contribution in [0.1, 0.15) is 11.5 Å². The molecule has 3 N–H and O–H groups in total. The molecule has 0 amide bonds. The van der Waals surface area contributed by atoms with Crippen molar-refractivity contribution in [1.29, 1.82) is 0 Å². The highest BCUT2D eigenvalue weighted by molar-refractivity contribution is 6.33. The average molecular weight is 230 g/mol. The maximum atomic E-state index is 10.9. The molecule has 0 aliphatic rings. The van der Waals surface area contributed by atoms with E-state index in [0.29, 0.717) is 16.3 Å². The smallest absolute Gasteiger partial charge is 0.312 e. The van der Waals surface area contributed by atoms with Crippen molar-refractivity contribution in [3.63, 3.8) is 0 Å². The first kappa shape index (κ1) is 11.8. The van der Waals surface area contributed by atoms with Crippen LogP contribution in [0, 0.1) is 0 Å². The molecule has 0 aromatic heterocycles. The third kappa shape index (κ3) is 2.40. The first-order valence-corrected chi connectivity index (χ1v) is 4.74. The van der Waals surface area contributed by atoms with Gasteiger partial charge in [-0.2, -0.15) is 0 Å². The minimum absolute atomic E-state index is 0.00220. The lowest BCUT2D eigenvalue weighted by Gasteiger charge is -2.13. The van der Waals surface area contributed by atoms with Crippen molar-refractivity contribution in [2.24, 2.45) is 5.73 Å². The number of halogens is 1. The molecule has 1 aromatic carbocycles. The lowest BCUT2D eigenvalue weighted by molar-refractivity contribution is -0.138. The van der Waals surface area contributed by atoms with Crippen molar-refractivity contribution in [2.75, 3.05) is 13.7 Å². The van der Waals surface area contributed by atoms with Crippen LogP contribution in [-0.2, 0) is 4.79 Å². The molecule has 1 aromatic rings. The standard InChI is InChI=1S/C10H12ClNO3/c1-15-8-4-2-3-6(9(8)11)7(5-12)10(13)14/h2-4,7H,5,12H2,1H3,(H,13,14). The topological polar surface area (TPSA) is 72.5 Å². The molecule has 0 saturated carbocycles. The number of benzene rings is 1. The maximum Gasteiger partial charge on any atom is 0.312 e. The lowest BCUT2D eigenvalue weighted by atomic mass is 9.99. The number of carboxylic acids is 1. The first-order chi connectivity index (χ1) is 7.11. The van der Waals surface area contributed by atoms with E-state index in [1.54, 1.807) is 18.2 Å². The molecule has 0 heterocycles. The van der Waals surface area contributed by atoms with Crippen LogP contribution in [0.2, 0.25) is 5.02 Å². The van der Waals surface area contributed by atoms with Gasteiger partial charge in [0.2, 0.25) is 0 Å². The zero-order chi connectivity index (χ0) is 11.4. The molecule has 0 fully saturated rings. The summed E-state index contributed by atoms with van der Waals surface area (Å²) in [5.41, 5.74) is 5.86. The van der Waals surface area contributed by atoms with Gasteiger partial charge in [-0.3, -0.25) is 4.79 Å². The number of hydrogen-bond acceptors (Lipinski definition) is 3. The van der Waals surface area contributed by atoms with Crippen LogP contribution in [0.5, 0.6) is 5.75 Å². The molecule has 0 aliphatic carbocycles. The van der Waals surface area contributed by atoms with E-state index in [-0.39, 0.29) is 6.54 Å². The van der Waals surface area contributed by atoms with Gasteiger partial charge in [0.25, 0.3) is 0 Å². The number of rotatable bonds is 4. The van der Waals surface area contributed by atoms with E-state index in [0.717, 1.165) is 0 Å². The molecule has 82 valence electrons. The Balaban J connectivity index is 3.18. The van der Waals surface area contributed by atoms with Gasteiger partial charge in [-0.15, -0.1) is 0 Å². The molecule has 0 radical (unpaired) electrons. The Bertz CT molecular complexity index is 368. The van der Waals surface area contributed by atoms with Gasteiger partial charge >= 0.3 is 5.97 Å². The normalized spacial score (nSPS) is 12.2. The molecular weight excluding hydrogens is 218 g/mol. The zero-order valence-corrected chi connectivity index (χ0v) is 8.99. The molecule has 1 rings (SSSR count). The lowest BCUT2D eigenvalue weighted by Crippen LogP contribution is -2.21. The van der Waals surface area contributed by atoms with E-state index < -0.39 is 11.9 Å². The fourth-order valence-electron chi connectivity index (χ4n) is 1.32. The molecule has 0 saturated heterocycles. The third-order valence-corrected chi connectivity index (χ3v) is 2.53. The second-order valence-corrected chi connectivity index (χ2v) is 3.37. The summed E-state index contributed by atoms with van der Waals surface area (Å²) in [5, 5.41) is 9.24. The summed E-state index contributed by atoms with van der Waals surface area (Å²) >= 11 is 5.98. The van der Waals surface area contributed by atoms with Crippen LogP contribution in [-0.4, -0.2) is 24.7 Å². The van der Waals surface area contributed by atoms with E-state index >= 15 is 0 Å². The number of aliphatic carboxylic acids is 1. The van der Waals surface area contributed by atoms with E-state index in [2.05, 4.69) is 0 Å². The van der Waals surface area contributed by atoms with Gasteiger partial charge in [0.1, 0.15) is 5.75 Å². The Labute approximate surface area is 92.6 Å². The van der Waals surface area contributed by atoms with Crippen molar-refractivity contribution in [2.45, 2.75) is 5.92 Å². The predicted molar refractivity (Wildman–Crippen MR) is 57.4 cm³/mol. The molecule has 4 nitrogen and oxygen atoms in total. The van der Waals surface area contributed by atoms with Gasteiger partial charge in [0, 0.05) is 6.54 Å². The summed E-state index contributed by atoms with van der Waals surface area (Å²) in [5.74, 6) is -1.34. The van der Waals surface area contributed by atoms with E-state index in [9.17, 15) is 4.79 Å². The number of nitrogens with two attached hydrogens (primary N) is 1. The van der Waals surface area contributed by atoms with Gasteiger partial charge in [-0.1, -0.05) is 23.7 Å². The molecular formula is C10H12ClNO3. The van der Waals surface area contributed by atoms with Crippen LogP contribution < -0.4 is 10.5 Å². The number of hydrogen-bond donors (Lipinski definition) is 2. The number of carboxylic acid groups (broad SMARTS) is 1. The van der Waals surface area contributed by atoms with Crippen molar-refractivity contribution in [3.8, 4) is 5.75 Å². The van der Waals surface area contributed by atoms with Crippen LogP contribution >= 0.6 is 11.6 Å².